The fourth-order valence-corrected chi connectivity index (χ4v) is 4.69. The molecule has 2 amide bonds. The van der Waals surface area contributed by atoms with Crippen LogP contribution in [0.25, 0.3) is 10.8 Å². The summed E-state index contributed by atoms with van der Waals surface area (Å²) in [5.41, 5.74) is 0.467. The van der Waals surface area contributed by atoms with Gasteiger partial charge in [0.15, 0.2) is 0 Å². The van der Waals surface area contributed by atoms with E-state index in [0.29, 0.717) is 33.4 Å². The van der Waals surface area contributed by atoms with E-state index in [9.17, 15) is 19.8 Å². The van der Waals surface area contributed by atoms with Gasteiger partial charge in [0.1, 0.15) is 6.54 Å². The van der Waals surface area contributed by atoms with Crippen molar-refractivity contribution < 1.29 is 19.8 Å². The summed E-state index contributed by atoms with van der Waals surface area (Å²) < 4.78 is 2.02. The third-order valence-corrected chi connectivity index (χ3v) is 6.69. The lowest BCUT2D eigenvalue weighted by atomic mass is 9.98. The standard InChI is InChI=1S/C21H22ClN3O4S/c22-17-5-4-16(30-17)20(28)23-15-3-1-2-14-10-25(21(29)19(14)15)11-18(27)24-8-6-13(12-26)7-9-24/h1-5,10,13,26,29H,6-9,11-12H2,(H,23,28). The van der Waals surface area contributed by atoms with Gasteiger partial charge in [-0.15, -0.1) is 11.3 Å². The minimum absolute atomic E-state index is 0.0121. The molecule has 1 aliphatic heterocycles. The highest BCUT2D eigenvalue weighted by molar-refractivity contribution is 7.18. The molecular weight excluding hydrogens is 426 g/mol. The highest BCUT2D eigenvalue weighted by atomic mass is 35.5. The van der Waals surface area contributed by atoms with Gasteiger partial charge in [-0.2, -0.15) is 0 Å². The highest BCUT2D eigenvalue weighted by Crippen LogP contribution is 2.34. The van der Waals surface area contributed by atoms with Crippen molar-refractivity contribution >= 4 is 51.2 Å². The molecule has 0 radical (unpaired) electrons. The third kappa shape index (κ3) is 4.16. The fraction of sp³-hybridized carbons (Fsp3) is 0.333. The van der Waals surface area contributed by atoms with Crippen molar-refractivity contribution in [3.63, 3.8) is 0 Å². The summed E-state index contributed by atoms with van der Waals surface area (Å²) >= 11 is 7.08. The van der Waals surface area contributed by atoms with Crippen LogP contribution in [0.5, 0.6) is 5.88 Å². The fourth-order valence-electron chi connectivity index (χ4n) is 3.76. The Balaban J connectivity index is 1.53. The maximum atomic E-state index is 12.7. The number of piperidine rings is 1. The molecule has 3 heterocycles. The largest absolute Gasteiger partial charge is 0.494 e. The van der Waals surface area contributed by atoms with Crippen molar-refractivity contribution in [2.75, 3.05) is 25.0 Å². The number of hydrogen-bond acceptors (Lipinski definition) is 5. The van der Waals surface area contributed by atoms with Gasteiger partial charge in [0, 0.05) is 31.3 Å². The lowest BCUT2D eigenvalue weighted by molar-refractivity contribution is -0.133. The summed E-state index contributed by atoms with van der Waals surface area (Å²) in [6.07, 6.45) is 3.27. The Morgan fingerprint density at radius 1 is 1.20 bits per heavy atom. The number of nitrogens with zero attached hydrogens (tertiary/aromatic N) is 2. The Bertz CT molecular complexity index is 1090. The number of aromatic hydroxyl groups is 1. The average Bonchev–Trinajstić information content (AvgIpc) is 3.32. The first kappa shape index (κ1) is 20.7. The number of aliphatic hydroxyl groups excluding tert-OH is 1. The molecule has 2 aromatic heterocycles. The summed E-state index contributed by atoms with van der Waals surface area (Å²) in [4.78, 5) is 27.4. The molecule has 0 spiro atoms. The number of aromatic nitrogens is 1. The highest BCUT2D eigenvalue weighted by Gasteiger charge is 2.24. The smallest absolute Gasteiger partial charge is 0.265 e. The molecule has 9 heteroatoms. The van der Waals surface area contributed by atoms with Crippen LogP contribution in [0.3, 0.4) is 0 Å². The SMILES string of the molecule is O=C(Nc1cccc2cn(CC(=O)N3CCC(CO)CC3)c(O)c12)c1ccc(Cl)s1. The van der Waals surface area contributed by atoms with E-state index in [0.717, 1.165) is 18.2 Å². The summed E-state index contributed by atoms with van der Waals surface area (Å²) in [7, 11) is 0. The number of hydrogen-bond donors (Lipinski definition) is 3. The second kappa shape index (κ2) is 8.67. The molecule has 1 aromatic carbocycles. The number of likely N-dealkylation sites (tertiary alicyclic amines) is 1. The van der Waals surface area contributed by atoms with Gasteiger partial charge in [-0.25, -0.2) is 0 Å². The second-order valence-electron chi connectivity index (χ2n) is 7.42. The second-order valence-corrected chi connectivity index (χ2v) is 9.13. The molecule has 0 atom stereocenters. The number of halogens is 1. The number of anilines is 1. The molecule has 1 aliphatic rings. The van der Waals surface area contributed by atoms with Crippen molar-refractivity contribution in [1.29, 1.82) is 0 Å². The van der Waals surface area contributed by atoms with Crippen LogP contribution in [0.15, 0.2) is 36.5 Å². The number of rotatable bonds is 5. The van der Waals surface area contributed by atoms with Crippen molar-refractivity contribution in [3.8, 4) is 5.88 Å². The van der Waals surface area contributed by atoms with Gasteiger partial charge in [0.25, 0.3) is 5.91 Å². The molecular formula is C21H22ClN3O4S. The van der Waals surface area contributed by atoms with Crippen LogP contribution in [0.1, 0.15) is 22.5 Å². The molecule has 7 nitrogen and oxygen atoms in total. The molecule has 3 N–H and O–H groups in total. The van der Waals surface area contributed by atoms with Gasteiger partial charge in [0.05, 0.1) is 20.3 Å². The van der Waals surface area contributed by atoms with Crippen LogP contribution >= 0.6 is 22.9 Å². The maximum Gasteiger partial charge on any atom is 0.265 e. The van der Waals surface area contributed by atoms with Gasteiger partial charge in [-0.05, 0) is 37.0 Å². The van der Waals surface area contributed by atoms with Gasteiger partial charge in [-0.3, -0.25) is 9.59 Å². The van der Waals surface area contributed by atoms with Gasteiger partial charge in [-0.1, -0.05) is 23.7 Å². The van der Waals surface area contributed by atoms with Crippen LogP contribution in [0, 0.1) is 5.92 Å². The van der Waals surface area contributed by atoms with Gasteiger partial charge >= 0.3 is 0 Å². The van der Waals surface area contributed by atoms with E-state index >= 15 is 0 Å². The van der Waals surface area contributed by atoms with Crippen molar-refractivity contribution in [1.82, 2.24) is 9.47 Å². The van der Waals surface area contributed by atoms with Crippen molar-refractivity contribution in [3.05, 3.63) is 45.7 Å². The Kier molecular flexibility index (Phi) is 5.99. The van der Waals surface area contributed by atoms with Crippen LogP contribution in [0.2, 0.25) is 4.34 Å². The van der Waals surface area contributed by atoms with E-state index in [4.69, 9.17) is 11.6 Å². The third-order valence-electron chi connectivity index (χ3n) is 5.46. The monoisotopic (exact) mass is 447 g/mol. The molecule has 1 saturated heterocycles. The molecule has 1 fully saturated rings. The van der Waals surface area contributed by atoms with E-state index in [1.54, 1.807) is 35.4 Å². The molecule has 0 unspecified atom stereocenters. The van der Waals surface area contributed by atoms with Crippen molar-refractivity contribution in [2.24, 2.45) is 5.92 Å². The van der Waals surface area contributed by atoms with E-state index in [2.05, 4.69) is 5.32 Å². The summed E-state index contributed by atoms with van der Waals surface area (Å²) in [5, 5.41) is 24.1. The van der Waals surface area contributed by atoms with Crippen LogP contribution in [-0.2, 0) is 11.3 Å². The minimum Gasteiger partial charge on any atom is -0.494 e. The van der Waals surface area contributed by atoms with E-state index in [1.165, 1.54) is 15.9 Å². The van der Waals surface area contributed by atoms with Gasteiger partial charge in [0.2, 0.25) is 11.8 Å². The number of carbonyl (C=O) groups is 2. The van der Waals surface area contributed by atoms with Crippen LogP contribution in [0.4, 0.5) is 5.69 Å². The maximum absolute atomic E-state index is 12.7. The topological polar surface area (TPSA) is 94.8 Å². The summed E-state index contributed by atoms with van der Waals surface area (Å²) in [6.45, 7) is 1.38. The molecule has 30 heavy (non-hydrogen) atoms. The molecule has 3 aromatic rings. The number of amides is 2. The Hall–Kier alpha value is -2.55. The predicted octanol–water partition coefficient (Wildman–Crippen LogP) is 3.55. The van der Waals surface area contributed by atoms with Crippen molar-refractivity contribution in [2.45, 2.75) is 19.4 Å². The van der Waals surface area contributed by atoms with Gasteiger partial charge < -0.3 is 25.0 Å². The molecule has 4 rings (SSSR count). The Morgan fingerprint density at radius 3 is 2.63 bits per heavy atom. The zero-order chi connectivity index (χ0) is 21.3. The van der Waals surface area contributed by atoms with E-state index < -0.39 is 0 Å². The molecule has 0 aliphatic carbocycles. The van der Waals surface area contributed by atoms with Crippen LogP contribution in [-0.4, -0.2) is 51.2 Å². The molecule has 0 saturated carbocycles. The normalized spacial score (nSPS) is 14.9. The molecule has 0 bridgehead atoms. The van der Waals surface area contributed by atoms with E-state index in [-0.39, 0.29) is 36.8 Å². The number of thiophene rings is 1. The average molecular weight is 448 g/mol. The quantitative estimate of drug-likeness (QED) is 0.557. The first-order valence-electron chi connectivity index (χ1n) is 9.72. The number of nitrogens with one attached hydrogen (secondary N) is 1. The number of fused-ring (bicyclic) bond motifs is 1. The number of aliphatic hydroxyl groups is 1. The Labute approximate surface area is 182 Å². The zero-order valence-electron chi connectivity index (χ0n) is 16.2. The first-order chi connectivity index (χ1) is 14.5. The lowest BCUT2D eigenvalue weighted by Crippen LogP contribution is -2.40. The zero-order valence-corrected chi connectivity index (χ0v) is 17.7. The molecule has 158 valence electrons. The predicted molar refractivity (Wildman–Crippen MR) is 117 cm³/mol. The Morgan fingerprint density at radius 2 is 1.97 bits per heavy atom. The minimum atomic E-state index is -0.311. The number of benzene rings is 1. The lowest BCUT2D eigenvalue weighted by Gasteiger charge is -2.31. The summed E-state index contributed by atoms with van der Waals surface area (Å²) in [6, 6.07) is 8.61. The van der Waals surface area contributed by atoms with E-state index in [1.807, 2.05) is 6.07 Å². The summed E-state index contributed by atoms with van der Waals surface area (Å²) in [5.74, 6) is -0.208. The van der Waals surface area contributed by atoms with Crippen LogP contribution < -0.4 is 5.32 Å². The first-order valence-corrected chi connectivity index (χ1v) is 10.9. The number of carbonyl (C=O) groups excluding carboxylic acids is 2.